The molecule has 0 aliphatic heterocycles. The van der Waals surface area contributed by atoms with Gasteiger partial charge in [0.1, 0.15) is 17.5 Å². The highest BCUT2D eigenvalue weighted by atomic mass is 35.5. The Morgan fingerprint density at radius 2 is 1.73 bits per heavy atom. The van der Waals surface area contributed by atoms with Gasteiger partial charge in [0.2, 0.25) is 11.8 Å². The average Bonchev–Trinajstić information content (AvgIpc) is 2.81. The van der Waals surface area contributed by atoms with Crippen LogP contribution in [0.3, 0.4) is 0 Å². The Kier molecular flexibility index (Phi) is 10.8. The fourth-order valence-electron chi connectivity index (χ4n) is 3.11. The van der Waals surface area contributed by atoms with Gasteiger partial charge in [-0.3, -0.25) is 9.59 Å². The molecule has 2 amide bonds. The van der Waals surface area contributed by atoms with E-state index in [-0.39, 0.29) is 30.8 Å². The largest absolute Gasteiger partial charge is 0.497 e. The molecular weight excluding hydrogens is 463 g/mol. The van der Waals surface area contributed by atoms with Gasteiger partial charge >= 0.3 is 0 Å². The third-order valence-corrected chi connectivity index (χ3v) is 5.97. The number of carbonyl (C=O) groups is 2. The van der Waals surface area contributed by atoms with Crippen molar-refractivity contribution in [3.8, 4) is 11.5 Å². The summed E-state index contributed by atoms with van der Waals surface area (Å²) >= 11 is 12.3. The fourth-order valence-corrected chi connectivity index (χ4v) is 3.58. The van der Waals surface area contributed by atoms with Crippen LogP contribution in [0.4, 0.5) is 0 Å². The van der Waals surface area contributed by atoms with E-state index < -0.39 is 6.04 Å². The van der Waals surface area contributed by atoms with Crippen LogP contribution in [0, 0.1) is 0 Å². The van der Waals surface area contributed by atoms with Crippen LogP contribution in [0.25, 0.3) is 0 Å². The van der Waals surface area contributed by atoms with Crippen LogP contribution in [0.1, 0.15) is 45.6 Å². The lowest BCUT2D eigenvalue weighted by atomic mass is 10.1. The van der Waals surface area contributed by atoms with Crippen LogP contribution in [0.15, 0.2) is 42.5 Å². The Morgan fingerprint density at radius 3 is 2.33 bits per heavy atom. The number of carbonyl (C=O) groups excluding carboxylic acids is 2. The highest BCUT2D eigenvalue weighted by Crippen LogP contribution is 2.24. The van der Waals surface area contributed by atoms with Gasteiger partial charge in [0, 0.05) is 29.1 Å². The SMILES string of the molecule is CC[C@@H](C)NC(=O)[C@@H](C)N(Cc1ccc(Cl)cc1Cl)C(=O)CCCOc1ccc(OC)cc1. The zero-order chi connectivity index (χ0) is 24.4. The lowest BCUT2D eigenvalue weighted by Crippen LogP contribution is -2.49. The van der Waals surface area contributed by atoms with E-state index in [1.54, 1.807) is 37.1 Å². The Bertz CT molecular complexity index is 921. The zero-order valence-corrected chi connectivity index (χ0v) is 21.1. The third kappa shape index (κ3) is 8.45. The van der Waals surface area contributed by atoms with Crippen molar-refractivity contribution in [2.24, 2.45) is 0 Å². The molecule has 0 radical (unpaired) electrons. The molecule has 0 spiro atoms. The van der Waals surface area contributed by atoms with E-state index in [9.17, 15) is 9.59 Å². The minimum atomic E-state index is -0.652. The lowest BCUT2D eigenvalue weighted by Gasteiger charge is -2.30. The lowest BCUT2D eigenvalue weighted by molar-refractivity contribution is -0.141. The van der Waals surface area contributed by atoms with Gasteiger partial charge in [0.15, 0.2) is 0 Å². The normalized spacial score (nSPS) is 12.5. The molecule has 0 aromatic heterocycles. The van der Waals surface area contributed by atoms with Gasteiger partial charge in [-0.15, -0.1) is 0 Å². The second-order valence-corrected chi connectivity index (χ2v) is 8.72. The van der Waals surface area contributed by atoms with Crippen molar-refractivity contribution >= 4 is 35.0 Å². The highest BCUT2D eigenvalue weighted by Gasteiger charge is 2.27. The maximum atomic E-state index is 13.1. The molecule has 0 heterocycles. The molecule has 2 aromatic rings. The van der Waals surface area contributed by atoms with Gasteiger partial charge in [-0.2, -0.15) is 0 Å². The molecule has 8 heteroatoms. The summed E-state index contributed by atoms with van der Waals surface area (Å²) in [4.78, 5) is 27.4. The van der Waals surface area contributed by atoms with Crippen molar-refractivity contribution in [3.63, 3.8) is 0 Å². The van der Waals surface area contributed by atoms with E-state index in [4.69, 9.17) is 32.7 Å². The van der Waals surface area contributed by atoms with Gasteiger partial charge in [0.25, 0.3) is 0 Å². The number of amides is 2. The summed E-state index contributed by atoms with van der Waals surface area (Å²) in [6.45, 7) is 6.25. The number of hydrogen-bond donors (Lipinski definition) is 1. The minimum Gasteiger partial charge on any atom is -0.497 e. The topological polar surface area (TPSA) is 67.9 Å². The molecule has 2 rings (SSSR count). The van der Waals surface area contributed by atoms with Gasteiger partial charge in [-0.25, -0.2) is 0 Å². The molecular formula is C25H32Cl2N2O4. The molecule has 0 fully saturated rings. The number of halogens is 2. The first-order valence-electron chi connectivity index (χ1n) is 11.1. The summed E-state index contributed by atoms with van der Waals surface area (Å²) in [7, 11) is 1.61. The molecule has 180 valence electrons. The van der Waals surface area contributed by atoms with E-state index in [1.165, 1.54) is 0 Å². The number of nitrogens with zero attached hydrogens (tertiary/aromatic N) is 1. The minimum absolute atomic E-state index is 0.0221. The van der Waals surface area contributed by atoms with Crippen LogP contribution < -0.4 is 14.8 Å². The van der Waals surface area contributed by atoms with Crippen molar-refractivity contribution in [1.29, 1.82) is 0 Å². The molecule has 0 saturated carbocycles. The molecule has 0 bridgehead atoms. The standard InChI is InChI=1S/C25H32Cl2N2O4/c1-5-17(2)28-25(31)18(3)29(16-19-8-9-20(26)15-23(19)27)24(30)7-6-14-33-22-12-10-21(32-4)11-13-22/h8-13,15,17-18H,5-7,14,16H2,1-4H3,(H,28,31)/t17-,18-/m1/s1. The summed E-state index contributed by atoms with van der Waals surface area (Å²) in [5.74, 6) is 1.11. The summed E-state index contributed by atoms with van der Waals surface area (Å²) in [5.41, 5.74) is 0.729. The van der Waals surface area contributed by atoms with Crippen LogP contribution >= 0.6 is 23.2 Å². The highest BCUT2D eigenvalue weighted by molar-refractivity contribution is 6.35. The molecule has 6 nitrogen and oxygen atoms in total. The maximum Gasteiger partial charge on any atom is 0.242 e. The quantitative estimate of drug-likeness (QED) is 0.396. The zero-order valence-electron chi connectivity index (χ0n) is 19.6. The van der Waals surface area contributed by atoms with Crippen LogP contribution in [-0.4, -0.2) is 42.5 Å². The predicted octanol–water partition coefficient (Wildman–Crippen LogP) is 5.49. The summed E-state index contributed by atoms with van der Waals surface area (Å²) < 4.78 is 10.9. The number of rotatable bonds is 12. The summed E-state index contributed by atoms with van der Waals surface area (Å²) in [6.07, 6.45) is 1.55. The molecule has 2 aromatic carbocycles. The molecule has 2 atom stereocenters. The van der Waals surface area contributed by atoms with Crippen molar-refractivity contribution in [3.05, 3.63) is 58.1 Å². The number of hydrogen-bond acceptors (Lipinski definition) is 4. The van der Waals surface area contributed by atoms with Crippen molar-refractivity contribution in [2.45, 2.75) is 58.7 Å². The number of ether oxygens (including phenoxy) is 2. The first kappa shape index (κ1) is 26.8. The average molecular weight is 495 g/mol. The first-order valence-corrected chi connectivity index (χ1v) is 11.8. The fraction of sp³-hybridized carbons (Fsp3) is 0.440. The molecule has 1 N–H and O–H groups in total. The van der Waals surface area contributed by atoms with Crippen molar-refractivity contribution in [2.75, 3.05) is 13.7 Å². The van der Waals surface area contributed by atoms with Crippen LogP contribution in [0.2, 0.25) is 10.0 Å². The van der Waals surface area contributed by atoms with Crippen LogP contribution in [-0.2, 0) is 16.1 Å². The Hall–Kier alpha value is -2.44. The predicted molar refractivity (Wildman–Crippen MR) is 132 cm³/mol. The molecule has 0 saturated heterocycles. The van der Waals surface area contributed by atoms with Crippen molar-refractivity contribution in [1.82, 2.24) is 10.2 Å². The Morgan fingerprint density at radius 1 is 1.06 bits per heavy atom. The van der Waals surface area contributed by atoms with Crippen LogP contribution in [0.5, 0.6) is 11.5 Å². The van der Waals surface area contributed by atoms with E-state index >= 15 is 0 Å². The molecule has 33 heavy (non-hydrogen) atoms. The monoisotopic (exact) mass is 494 g/mol. The molecule has 0 unspecified atom stereocenters. The second-order valence-electron chi connectivity index (χ2n) is 7.88. The number of methoxy groups -OCH3 is 1. The summed E-state index contributed by atoms with van der Waals surface area (Å²) in [5, 5.41) is 3.92. The van der Waals surface area contributed by atoms with E-state index in [0.29, 0.717) is 28.8 Å². The third-order valence-electron chi connectivity index (χ3n) is 5.39. The van der Waals surface area contributed by atoms with Gasteiger partial charge in [0.05, 0.1) is 13.7 Å². The Labute approximate surface area is 206 Å². The van der Waals surface area contributed by atoms with E-state index in [0.717, 1.165) is 17.7 Å². The number of nitrogens with one attached hydrogen (secondary N) is 1. The van der Waals surface area contributed by atoms with E-state index in [2.05, 4.69) is 5.32 Å². The van der Waals surface area contributed by atoms with Gasteiger partial charge in [-0.1, -0.05) is 36.2 Å². The summed E-state index contributed by atoms with van der Waals surface area (Å²) in [6, 6.07) is 11.8. The van der Waals surface area contributed by atoms with Gasteiger partial charge in [-0.05, 0) is 68.7 Å². The van der Waals surface area contributed by atoms with Gasteiger partial charge < -0.3 is 19.7 Å². The Balaban J connectivity index is 2.03. The molecule has 0 aliphatic carbocycles. The first-order chi connectivity index (χ1) is 15.7. The maximum absolute atomic E-state index is 13.1. The molecule has 0 aliphatic rings. The van der Waals surface area contributed by atoms with Crippen molar-refractivity contribution < 1.29 is 19.1 Å². The second kappa shape index (κ2) is 13.3. The van der Waals surface area contributed by atoms with E-state index in [1.807, 2.05) is 38.1 Å². The smallest absolute Gasteiger partial charge is 0.242 e. The number of benzene rings is 2.